The second-order valence-corrected chi connectivity index (χ2v) is 4.86. The Morgan fingerprint density at radius 1 is 1.58 bits per heavy atom. The average molecular weight is 231 g/mol. The fraction of sp³-hybridized carbons (Fsp3) is 0.818. The zero-order chi connectivity index (χ0) is 8.81. The van der Waals surface area contributed by atoms with Crippen LogP contribution >= 0.6 is 15.9 Å². The molecule has 0 saturated heterocycles. The molecular formula is C11H19Br. The minimum absolute atomic E-state index is 0.731. The van der Waals surface area contributed by atoms with Crippen molar-refractivity contribution in [1.29, 1.82) is 0 Å². The second kappa shape index (κ2) is 5.80. The minimum atomic E-state index is 0.731. The largest absolute Gasteiger partial charge is 0.0884 e. The maximum Gasteiger partial charge on any atom is 0.0208 e. The third-order valence-corrected chi connectivity index (χ3v) is 3.73. The van der Waals surface area contributed by atoms with Gasteiger partial charge in [-0.15, -0.1) is 0 Å². The van der Waals surface area contributed by atoms with Crippen molar-refractivity contribution >= 4 is 15.9 Å². The number of hydrogen-bond acceptors (Lipinski definition) is 0. The van der Waals surface area contributed by atoms with Crippen molar-refractivity contribution in [1.82, 2.24) is 0 Å². The molecule has 12 heavy (non-hydrogen) atoms. The van der Waals surface area contributed by atoms with E-state index in [4.69, 9.17) is 0 Å². The van der Waals surface area contributed by atoms with E-state index in [1.54, 1.807) is 0 Å². The molecule has 0 heterocycles. The number of alkyl halides is 1. The fourth-order valence-corrected chi connectivity index (χ4v) is 2.52. The van der Waals surface area contributed by atoms with Crippen LogP contribution in [0.15, 0.2) is 12.2 Å². The SMILES string of the molecule is CCCC[C@@H](Br)[C@H]1C=CCCC1. The molecule has 70 valence electrons. The van der Waals surface area contributed by atoms with E-state index in [2.05, 4.69) is 35.0 Å². The lowest BCUT2D eigenvalue weighted by atomic mass is 9.91. The van der Waals surface area contributed by atoms with E-state index in [9.17, 15) is 0 Å². The average Bonchev–Trinajstić information content (AvgIpc) is 2.15. The molecule has 0 aliphatic heterocycles. The summed E-state index contributed by atoms with van der Waals surface area (Å²) in [4.78, 5) is 0.731. The number of unbranched alkanes of at least 4 members (excludes halogenated alkanes) is 1. The summed E-state index contributed by atoms with van der Waals surface area (Å²) in [6.45, 7) is 2.26. The molecule has 1 heteroatoms. The van der Waals surface area contributed by atoms with Gasteiger partial charge >= 0.3 is 0 Å². The molecule has 0 amide bonds. The maximum absolute atomic E-state index is 3.79. The summed E-state index contributed by atoms with van der Waals surface area (Å²) >= 11 is 3.79. The van der Waals surface area contributed by atoms with Gasteiger partial charge in [0.15, 0.2) is 0 Å². The Balaban J connectivity index is 2.25. The molecule has 0 radical (unpaired) electrons. The fourth-order valence-electron chi connectivity index (χ4n) is 1.75. The molecule has 1 rings (SSSR count). The van der Waals surface area contributed by atoms with Gasteiger partial charge in [0, 0.05) is 4.83 Å². The van der Waals surface area contributed by atoms with Gasteiger partial charge in [-0.05, 0) is 31.6 Å². The summed E-state index contributed by atoms with van der Waals surface area (Å²) in [5.74, 6) is 0.810. The first-order valence-electron chi connectivity index (χ1n) is 5.15. The van der Waals surface area contributed by atoms with Crippen LogP contribution in [0, 0.1) is 5.92 Å². The predicted octanol–water partition coefficient (Wildman–Crippen LogP) is 4.30. The van der Waals surface area contributed by atoms with Crippen LogP contribution in [0.1, 0.15) is 45.4 Å². The first kappa shape index (κ1) is 10.3. The molecule has 0 unspecified atom stereocenters. The standard InChI is InChI=1S/C11H19Br/c1-2-3-9-11(12)10-7-5-4-6-8-10/h5,7,10-11H,2-4,6,8-9H2,1H3/t10-,11+/m0/s1. The topological polar surface area (TPSA) is 0 Å². The van der Waals surface area contributed by atoms with Crippen LogP contribution in [-0.4, -0.2) is 4.83 Å². The summed E-state index contributed by atoms with van der Waals surface area (Å²) in [6.07, 6.45) is 12.8. The highest BCUT2D eigenvalue weighted by Gasteiger charge is 2.16. The molecule has 1 aliphatic rings. The van der Waals surface area contributed by atoms with E-state index >= 15 is 0 Å². The second-order valence-electron chi connectivity index (χ2n) is 3.68. The van der Waals surface area contributed by atoms with Crippen molar-refractivity contribution < 1.29 is 0 Å². The zero-order valence-electron chi connectivity index (χ0n) is 7.93. The van der Waals surface area contributed by atoms with Crippen LogP contribution in [0.2, 0.25) is 0 Å². The van der Waals surface area contributed by atoms with Gasteiger partial charge in [-0.2, -0.15) is 0 Å². The van der Waals surface area contributed by atoms with Gasteiger partial charge in [0.05, 0.1) is 0 Å². The van der Waals surface area contributed by atoms with Crippen molar-refractivity contribution in [2.24, 2.45) is 5.92 Å². The third kappa shape index (κ3) is 3.30. The Kier molecular flexibility index (Phi) is 4.98. The lowest BCUT2D eigenvalue weighted by Gasteiger charge is -2.21. The molecule has 0 N–H and O–H groups in total. The molecule has 0 fully saturated rings. The van der Waals surface area contributed by atoms with E-state index in [0.29, 0.717) is 0 Å². The lowest BCUT2D eigenvalue weighted by Crippen LogP contribution is -2.13. The number of hydrogen-bond donors (Lipinski definition) is 0. The highest BCUT2D eigenvalue weighted by Crippen LogP contribution is 2.28. The molecule has 1 aliphatic carbocycles. The highest BCUT2D eigenvalue weighted by atomic mass is 79.9. The third-order valence-electron chi connectivity index (χ3n) is 2.59. The molecule has 0 aromatic rings. The maximum atomic E-state index is 3.79. The number of rotatable bonds is 4. The van der Waals surface area contributed by atoms with Gasteiger partial charge in [0.25, 0.3) is 0 Å². The Morgan fingerprint density at radius 3 is 3.00 bits per heavy atom. The van der Waals surface area contributed by atoms with Crippen LogP contribution in [-0.2, 0) is 0 Å². The zero-order valence-corrected chi connectivity index (χ0v) is 9.52. The monoisotopic (exact) mass is 230 g/mol. The summed E-state index contributed by atoms with van der Waals surface area (Å²) in [6, 6.07) is 0. The van der Waals surface area contributed by atoms with Crippen LogP contribution in [0.5, 0.6) is 0 Å². The van der Waals surface area contributed by atoms with Crippen molar-refractivity contribution in [2.75, 3.05) is 0 Å². The van der Waals surface area contributed by atoms with Crippen LogP contribution < -0.4 is 0 Å². The Labute approximate surface area is 84.6 Å². The van der Waals surface area contributed by atoms with E-state index in [-0.39, 0.29) is 0 Å². The van der Waals surface area contributed by atoms with Gasteiger partial charge in [-0.1, -0.05) is 47.8 Å². The molecule has 2 atom stereocenters. The smallest absolute Gasteiger partial charge is 0.0208 e. The molecule has 0 saturated carbocycles. The predicted molar refractivity (Wildman–Crippen MR) is 58.7 cm³/mol. The van der Waals surface area contributed by atoms with Crippen LogP contribution in [0.3, 0.4) is 0 Å². The molecule has 0 aromatic heterocycles. The van der Waals surface area contributed by atoms with Gasteiger partial charge < -0.3 is 0 Å². The van der Waals surface area contributed by atoms with Gasteiger partial charge in [-0.25, -0.2) is 0 Å². The van der Waals surface area contributed by atoms with Crippen molar-refractivity contribution in [3.8, 4) is 0 Å². The van der Waals surface area contributed by atoms with Gasteiger partial charge in [0.1, 0.15) is 0 Å². The lowest BCUT2D eigenvalue weighted by molar-refractivity contribution is 0.496. The Morgan fingerprint density at radius 2 is 2.42 bits per heavy atom. The molecular weight excluding hydrogens is 212 g/mol. The van der Waals surface area contributed by atoms with Gasteiger partial charge in [-0.3, -0.25) is 0 Å². The summed E-state index contributed by atoms with van der Waals surface area (Å²) in [5.41, 5.74) is 0. The van der Waals surface area contributed by atoms with Crippen LogP contribution in [0.25, 0.3) is 0 Å². The summed E-state index contributed by atoms with van der Waals surface area (Å²) in [7, 11) is 0. The van der Waals surface area contributed by atoms with E-state index in [1.807, 2.05) is 0 Å². The van der Waals surface area contributed by atoms with Crippen molar-refractivity contribution in [3.05, 3.63) is 12.2 Å². The molecule has 0 nitrogen and oxygen atoms in total. The molecule has 0 spiro atoms. The molecule has 0 bridgehead atoms. The highest BCUT2D eigenvalue weighted by molar-refractivity contribution is 9.09. The van der Waals surface area contributed by atoms with Gasteiger partial charge in [0.2, 0.25) is 0 Å². The number of allylic oxidation sites excluding steroid dienone is 2. The Hall–Kier alpha value is 0.220. The molecule has 0 aromatic carbocycles. The van der Waals surface area contributed by atoms with E-state index in [1.165, 1.54) is 38.5 Å². The number of halogens is 1. The van der Waals surface area contributed by atoms with E-state index in [0.717, 1.165) is 10.7 Å². The first-order chi connectivity index (χ1) is 5.84. The van der Waals surface area contributed by atoms with E-state index < -0.39 is 0 Å². The normalized spacial score (nSPS) is 25.7. The van der Waals surface area contributed by atoms with Crippen molar-refractivity contribution in [3.63, 3.8) is 0 Å². The minimum Gasteiger partial charge on any atom is -0.0884 e. The van der Waals surface area contributed by atoms with Crippen LogP contribution in [0.4, 0.5) is 0 Å². The quantitative estimate of drug-likeness (QED) is 0.500. The Bertz CT molecular complexity index is 140. The summed E-state index contributed by atoms with van der Waals surface area (Å²) < 4.78 is 0. The summed E-state index contributed by atoms with van der Waals surface area (Å²) in [5, 5.41) is 0. The van der Waals surface area contributed by atoms with Crippen molar-refractivity contribution in [2.45, 2.75) is 50.3 Å². The first-order valence-corrected chi connectivity index (χ1v) is 6.07.